The lowest BCUT2D eigenvalue weighted by molar-refractivity contribution is -0.946. The number of rotatable bonds is 5. The van der Waals surface area contributed by atoms with Gasteiger partial charge >= 0.3 is 5.97 Å². The molecular formula is C29H30BrNO4. The molecular weight excluding hydrogens is 506 g/mol. The molecule has 0 unspecified atom stereocenters. The van der Waals surface area contributed by atoms with Crippen molar-refractivity contribution in [2.45, 2.75) is 31.0 Å². The molecule has 182 valence electrons. The summed E-state index contributed by atoms with van der Waals surface area (Å²) in [7, 11) is 0. The van der Waals surface area contributed by atoms with Crippen molar-refractivity contribution in [2.75, 3.05) is 26.2 Å². The topological polar surface area (TPSA) is 55.8 Å². The minimum Gasteiger partial charge on any atom is -1.00 e. The van der Waals surface area contributed by atoms with Gasteiger partial charge in [-0.1, -0.05) is 66.7 Å². The van der Waals surface area contributed by atoms with Crippen LogP contribution in [-0.2, 0) is 21.6 Å². The van der Waals surface area contributed by atoms with E-state index >= 15 is 0 Å². The van der Waals surface area contributed by atoms with Crippen molar-refractivity contribution in [2.24, 2.45) is 5.92 Å². The summed E-state index contributed by atoms with van der Waals surface area (Å²) in [6, 6.07) is 25.0. The van der Waals surface area contributed by atoms with Crippen molar-refractivity contribution in [1.82, 2.24) is 0 Å². The fourth-order valence-corrected chi connectivity index (χ4v) is 6.10. The number of carbonyl (C=O) groups is 1. The molecule has 3 fully saturated rings. The minimum absolute atomic E-state index is 0. The molecule has 0 aromatic heterocycles. The lowest BCUT2D eigenvalue weighted by Gasteiger charge is -2.52. The molecule has 0 saturated carbocycles. The van der Waals surface area contributed by atoms with Gasteiger partial charge < -0.3 is 36.0 Å². The first-order valence-electron chi connectivity index (χ1n) is 12.3. The van der Waals surface area contributed by atoms with Gasteiger partial charge in [0.1, 0.15) is 18.0 Å². The number of aliphatic hydroxyl groups is 1. The van der Waals surface area contributed by atoms with Gasteiger partial charge in [-0.25, -0.2) is 4.79 Å². The van der Waals surface area contributed by atoms with Gasteiger partial charge in [0, 0.05) is 36.3 Å². The van der Waals surface area contributed by atoms with Gasteiger partial charge in [-0.3, -0.25) is 0 Å². The fraction of sp³-hybridized carbons (Fsp3) is 0.345. The zero-order valence-electron chi connectivity index (χ0n) is 19.6. The quantitative estimate of drug-likeness (QED) is 0.396. The summed E-state index contributed by atoms with van der Waals surface area (Å²) in [5, 5.41) is 11.9. The van der Waals surface area contributed by atoms with E-state index in [2.05, 4.69) is 30.3 Å². The van der Waals surface area contributed by atoms with Crippen LogP contribution in [0.4, 0.5) is 0 Å². The second-order valence-electron chi connectivity index (χ2n) is 10.0. The van der Waals surface area contributed by atoms with E-state index in [0.29, 0.717) is 28.5 Å². The monoisotopic (exact) mass is 535 g/mol. The highest BCUT2D eigenvalue weighted by Gasteiger charge is 2.52. The second kappa shape index (κ2) is 9.41. The first-order valence-corrected chi connectivity index (χ1v) is 12.3. The van der Waals surface area contributed by atoms with Gasteiger partial charge in [-0.2, -0.15) is 0 Å². The number of piperidine rings is 3. The number of esters is 1. The van der Waals surface area contributed by atoms with E-state index in [0.717, 1.165) is 49.9 Å². The van der Waals surface area contributed by atoms with Crippen LogP contribution in [0.15, 0.2) is 78.9 Å². The van der Waals surface area contributed by atoms with Crippen LogP contribution in [0.5, 0.6) is 11.5 Å². The van der Waals surface area contributed by atoms with Gasteiger partial charge in [-0.15, -0.1) is 0 Å². The molecule has 3 aromatic rings. The molecule has 2 bridgehead atoms. The van der Waals surface area contributed by atoms with Crippen molar-refractivity contribution in [3.8, 4) is 11.5 Å². The summed E-state index contributed by atoms with van der Waals surface area (Å²) in [5.74, 6) is 0.729. The van der Waals surface area contributed by atoms with Crippen molar-refractivity contribution >= 4 is 5.97 Å². The summed E-state index contributed by atoms with van der Waals surface area (Å²) in [6.45, 7) is 4.14. The second-order valence-corrected chi connectivity index (χ2v) is 10.0. The standard InChI is InChI=1S/C29H30NO4.BrH/c31-28(29(32)23-10-4-6-12-25(23)33-26-13-7-5-11-24(26)29)34-27-20-30(18-15-22(27)16-19-30)17-14-21-8-2-1-3-9-21;/h1-13,22,27,32H,14-20H2;1H/q+1;/p-1/t22?,27-,30?;/m0./s1. The van der Waals surface area contributed by atoms with Crippen LogP contribution in [0.2, 0.25) is 0 Å². The molecule has 0 aliphatic carbocycles. The molecule has 5 nitrogen and oxygen atoms in total. The van der Waals surface area contributed by atoms with Crippen LogP contribution in [0.3, 0.4) is 0 Å². The predicted molar refractivity (Wildman–Crippen MR) is 128 cm³/mol. The van der Waals surface area contributed by atoms with E-state index in [9.17, 15) is 9.90 Å². The number of ether oxygens (including phenoxy) is 2. The molecule has 3 aromatic carbocycles. The van der Waals surface area contributed by atoms with Crippen molar-refractivity contribution in [1.29, 1.82) is 0 Å². The lowest BCUT2D eigenvalue weighted by atomic mass is 9.81. The Balaban J connectivity index is 0.00000253. The van der Waals surface area contributed by atoms with Crippen LogP contribution in [0.25, 0.3) is 0 Å². The smallest absolute Gasteiger partial charge is 0.348 e. The zero-order chi connectivity index (χ0) is 23.2. The number of fused-ring (bicyclic) bond motifs is 5. The molecule has 35 heavy (non-hydrogen) atoms. The molecule has 4 aliphatic heterocycles. The summed E-state index contributed by atoms with van der Waals surface area (Å²) < 4.78 is 13.2. The molecule has 4 aliphatic rings. The van der Waals surface area contributed by atoms with Crippen LogP contribution < -0.4 is 21.7 Å². The number of nitrogens with zero attached hydrogens (tertiary/aromatic N) is 1. The number of hydrogen-bond donors (Lipinski definition) is 1. The molecule has 0 radical (unpaired) electrons. The Morgan fingerprint density at radius 3 is 2.11 bits per heavy atom. The lowest BCUT2D eigenvalue weighted by Crippen LogP contribution is -3.00. The van der Waals surface area contributed by atoms with E-state index in [1.165, 1.54) is 5.56 Å². The highest BCUT2D eigenvalue weighted by molar-refractivity contribution is 5.88. The minimum atomic E-state index is -1.88. The average Bonchev–Trinajstić information content (AvgIpc) is 2.89. The first kappa shape index (κ1) is 24.0. The van der Waals surface area contributed by atoms with Crippen LogP contribution in [-0.4, -0.2) is 47.8 Å². The van der Waals surface area contributed by atoms with Crippen LogP contribution >= 0.6 is 0 Å². The maximum absolute atomic E-state index is 13.7. The SMILES string of the molecule is O=C(O[C@H]1C[N+]2(CCc3ccccc3)CCC1CC2)C1(O)c2ccccc2Oc2ccccc21.[Br-]. The van der Waals surface area contributed by atoms with Gasteiger partial charge in [0.25, 0.3) is 0 Å². The molecule has 1 atom stereocenters. The number of halogens is 1. The van der Waals surface area contributed by atoms with E-state index in [4.69, 9.17) is 9.47 Å². The molecule has 0 spiro atoms. The normalized spacial score (nSPS) is 25.4. The summed E-state index contributed by atoms with van der Waals surface area (Å²) in [5.41, 5.74) is 0.341. The Hall–Kier alpha value is -2.67. The Labute approximate surface area is 216 Å². The molecule has 0 amide bonds. The number of hydrogen-bond acceptors (Lipinski definition) is 4. The van der Waals surface area contributed by atoms with Crippen LogP contribution in [0.1, 0.15) is 29.5 Å². The van der Waals surface area contributed by atoms with E-state index < -0.39 is 11.6 Å². The largest absolute Gasteiger partial charge is 1.00 e. The maximum atomic E-state index is 13.7. The Bertz CT molecular complexity index is 1160. The Morgan fingerprint density at radius 2 is 1.49 bits per heavy atom. The van der Waals surface area contributed by atoms with Gasteiger partial charge in [0.05, 0.1) is 19.6 Å². The zero-order valence-corrected chi connectivity index (χ0v) is 21.2. The third kappa shape index (κ3) is 4.18. The molecule has 7 rings (SSSR count). The number of benzene rings is 3. The van der Waals surface area contributed by atoms with Crippen molar-refractivity contribution < 1.29 is 40.8 Å². The van der Waals surface area contributed by atoms with Gasteiger partial charge in [0.2, 0.25) is 5.60 Å². The molecule has 6 heteroatoms. The summed E-state index contributed by atoms with van der Waals surface area (Å²) in [4.78, 5) is 13.7. The third-order valence-corrected chi connectivity index (χ3v) is 8.09. The van der Waals surface area contributed by atoms with Gasteiger partial charge in [-0.05, 0) is 17.7 Å². The summed E-state index contributed by atoms with van der Waals surface area (Å²) >= 11 is 0. The highest BCUT2D eigenvalue weighted by Crippen LogP contribution is 2.48. The first-order chi connectivity index (χ1) is 16.6. The molecule has 4 heterocycles. The van der Waals surface area contributed by atoms with E-state index in [-0.39, 0.29) is 23.1 Å². The third-order valence-electron chi connectivity index (χ3n) is 8.09. The van der Waals surface area contributed by atoms with Crippen molar-refractivity contribution in [3.63, 3.8) is 0 Å². The highest BCUT2D eigenvalue weighted by atomic mass is 79.9. The van der Waals surface area contributed by atoms with E-state index in [1.54, 1.807) is 24.3 Å². The predicted octanol–water partition coefficient (Wildman–Crippen LogP) is 1.43. The molecule has 1 N–H and O–H groups in total. The Kier molecular flexibility index (Phi) is 6.47. The van der Waals surface area contributed by atoms with E-state index in [1.807, 2.05) is 24.3 Å². The number of para-hydroxylation sites is 2. The number of carbonyl (C=O) groups excluding carboxylic acids is 1. The summed E-state index contributed by atoms with van der Waals surface area (Å²) in [6.07, 6.45) is 2.95. The number of quaternary nitrogens is 1. The fourth-order valence-electron chi connectivity index (χ4n) is 6.10. The Morgan fingerprint density at radius 1 is 0.914 bits per heavy atom. The van der Waals surface area contributed by atoms with Crippen molar-refractivity contribution in [3.05, 3.63) is 95.6 Å². The maximum Gasteiger partial charge on any atom is 0.348 e. The molecule has 3 saturated heterocycles. The average molecular weight is 536 g/mol. The van der Waals surface area contributed by atoms with Crippen LogP contribution in [0, 0.1) is 5.92 Å². The van der Waals surface area contributed by atoms with Gasteiger partial charge in [0.15, 0.2) is 6.10 Å².